The normalized spacial score (nSPS) is 40.2. The molecule has 30 heavy (non-hydrogen) atoms. The van der Waals surface area contributed by atoms with Crippen LogP contribution in [0.3, 0.4) is 0 Å². The van der Waals surface area contributed by atoms with Crippen LogP contribution < -0.4 is 4.74 Å². The first-order valence-electron chi connectivity index (χ1n) is 11.4. The highest BCUT2D eigenvalue weighted by Crippen LogP contribution is 2.68. The molecule has 0 bridgehead atoms. The van der Waals surface area contributed by atoms with Crippen molar-refractivity contribution in [3.8, 4) is 5.75 Å². The lowest BCUT2D eigenvalue weighted by Crippen LogP contribution is -2.70. The number of rotatable bonds is 4. The van der Waals surface area contributed by atoms with Gasteiger partial charge in [0.15, 0.2) is 0 Å². The first-order chi connectivity index (χ1) is 14.2. The minimum Gasteiger partial charge on any atom is -0.497 e. The zero-order valence-electron chi connectivity index (χ0n) is 19.6. The van der Waals surface area contributed by atoms with Crippen molar-refractivity contribution in [1.82, 2.24) is 4.90 Å². The maximum absolute atomic E-state index is 13.4. The molecule has 2 heterocycles. The Hall–Kier alpha value is -1.81. The van der Waals surface area contributed by atoms with E-state index in [2.05, 4.69) is 69.9 Å². The Balaban J connectivity index is 2.03. The monoisotopic (exact) mass is 411 g/mol. The van der Waals surface area contributed by atoms with E-state index in [0.717, 1.165) is 31.7 Å². The van der Waals surface area contributed by atoms with Gasteiger partial charge in [0.05, 0.1) is 19.6 Å². The molecule has 1 aliphatic carbocycles. The molecule has 2 aliphatic heterocycles. The Morgan fingerprint density at radius 1 is 1.23 bits per heavy atom. The van der Waals surface area contributed by atoms with Gasteiger partial charge in [-0.15, -0.1) is 0 Å². The third-order valence-corrected chi connectivity index (χ3v) is 9.49. The number of aryl methyl sites for hydroxylation is 1. The van der Waals surface area contributed by atoms with Gasteiger partial charge in [0.2, 0.25) is 0 Å². The van der Waals surface area contributed by atoms with Gasteiger partial charge in [0.25, 0.3) is 0 Å². The minimum atomic E-state index is -0.564. The van der Waals surface area contributed by atoms with Crippen LogP contribution in [0.5, 0.6) is 5.75 Å². The zero-order chi connectivity index (χ0) is 21.9. The van der Waals surface area contributed by atoms with E-state index in [1.54, 1.807) is 14.2 Å². The van der Waals surface area contributed by atoms with Crippen molar-refractivity contribution < 1.29 is 14.3 Å². The second-order valence-corrected chi connectivity index (χ2v) is 9.95. The summed E-state index contributed by atoms with van der Waals surface area (Å²) in [5, 5.41) is 0. The maximum Gasteiger partial charge on any atom is 0.312 e. The average molecular weight is 412 g/mol. The van der Waals surface area contributed by atoms with Gasteiger partial charge >= 0.3 is 5.97 Å². The summed E-state index contributed by atoms with van der Waals surface area (Å²) in [7, 11) is 3.26. The van der Waals surface area contributed by atoms with Gasteiger partial charge in [0.1, 0.15) is 5.75 Å². The van der Waals surface area contributed by atoms with E-state index in [1.807, 2.05) is 0 Å². The van der Waals surface area contributed by atoms with Crippen molar-refractivity contribution in [2.24, 2.45) is 22.7 Å². The molecular weight excluding hydrogens is 374 g/mol. The lowest BCUT2D eigenvalue weighted by atomic mass is 9.40. The standard InChI is InChI=1S/C26H37NO3/c1-8-25-12-9-14-27-15-13-26(22(25)27,21-11-10-20(29-6)16-17(21)2)19(4)24(5,18(25)3)23(28)30-7/h9-12,16,18-19,22H,8,13-15H2,1-7H3/t18-,19?,22?,24-,25-,26?/m0/s1. The number of hydrogen-bond acceptors (Lipinski definition) is 4. The molecule has 1 aromatic carbocycles. The second-order valence-electron chi connectivity index (χ2n) is 9.95. The molecule has 3 unspecified atom stereocenters. The summed E-state index contributed by atoms with van der Waals surface area (Å²) in [6, 6.07) is 6.89. The Kier molecular flexibility index (Phi) is 5.08. The lowest BCUT2D eigenvalue weighted by molar-refractivity contribution is -0.181. The molecule has 6 atom stereocenters. The molecule has 4 nitrogen and oxygen atoms in total. The van der Waals surface area contributed by atoms with Gasteiger partial charge in [-0.1, -0.05) is 39.0 Å². The Bertz CT molecular complexity index is 879. The quantitative estimate of drug-likeness (QED) is 0.530. The van der Waals surface area contributed by atoms with Crippen molar-refractivity contribution in [2.45, 2.75) is 58.9 Å². The van der Waals surface area contributed by atoms with Crippen molar-refractivity contribution in [3.63, 3.8) is 0 Å². The van der Waals surface area contributed by atoms with Crippen LogP contribution in [0.1, 0.15) is 51.7 Å². The fraction of sp³-hybridized carbons (Fsp3) is 0.654. The van der Waals surface area contributed by atoms with Gasteiger partial charge in [-0.25, -0.2) is 0 Å². The molecule has 0 aromatic heterocycles. The van der Waals surface area contributed by atoms with Crippen LogP contribution >= 0.6 is 0 Å². The largest absolute Gasteiger partial charge is 0.497 e. The highest BCUT2D eigenvalue weighted by atomic mass is 16.5. The summed E-state index contributed by atoms with van der Waals surface area (Å²) in [5.41, 5.74) is 1.90. The van der Waals surface area contributed by atoms with Gasteiger partial charge in [-0.3, -0.25) is 9.69 Å². The number of methoxy groups -OCH3 is 2. The summed E-state index contributed by atoms with van der Waals surface area (Å²) < 4.78 is 11.0. The fourth-order valence-corrected chi connectivity index (χ4v) is 7.73. The SMILES string of the molecule is CC[C@@]12C=CCN3CCC(c4ccc(OC)cc4C)(C31)C(C)[C@@](C)(C(=O)OC)[C@@H]2C. The van der Waals surface area contributed by atoms with E-state index in [9.17, 15) is 4.79 Å². The smallest absolute Gasteiger partial charge is 0.312 e. The van der Waals surface area contributed by atoms with Crippen LogP contribution in [0.25, 0.3) is 0 Å². The third-order valence-electron chi connectivity index (χ3n) is 9.49. The number of nitrogens with zero attached hydrogens (tertiary/aromatic N) is 1. The van der Waals surface area contributed by atoms with Crippen LogP contribution in [0.2, 0.25) is 0 Å². The topological polar surface area (TPSA) is 38.8 Å². The molecule has 3 aliphatic rings. The lowest BCUT2D eigenvalue weighted by Gasteiger charge is -2.66. The molecule has 0 amide bonds. The minimum absolute atomic E-state index is 0.0590. The first-order valence-corrected chi connectivity index (χ1v) is 11.4. The number of carbonyl (C=O) groups is 1. The number of hydrogen-bond donors (Lipinski definition) is 0. The molecule has 0 N–H and O–H groups in total. The number of benzene rings is 1. The first kappa shape index (κ1) is 21.4. The summed E-state index contributed by atoms with van der Waals surface area (Å²) in [6.07, 6.45) is 6.86. The molecule has 1 aromatic rings. The van der Waals surface area contributed by atoms with Crippen molar-refractivity contribution in [3.05, 3.63) is 41.5 Å². The molecule has 1 saturated carbocycles. The van der Waals surface area contributed by atoms with E-state index in [1.165, 1.54) is 11.1 Å². The molecule has 4 rings (SSSR count). The number of ether oxygens (including phenoxy) is 2. The van der Waals surface area contributed by atoms with Crippen molar-refractivity contribution >= 4 is 5.97 Å². The van der Waals surface area contributed by atoms with Gasteiger partial charge in [-0.2, -0.15) is 0 Å². The van der Waals surface area contributed by atoms with E-state index in [4.69, 9.17) is 9.47 Å². The Labute approximate surface area is 181 Å². The van der Waals surface area contributed by atoms with E-state index in [0.29, 0.717) is 6.04 Å². The van der Waals surface area contributed by atoms with Crippen LogP contribution in [0.4, 0.5) is 0 Å². The molecule has 0 spiro atoms. The Morgan fingerprint density at radius 2 is 1.97 bits per heavy atom. The van der Waals surface area contributed by atoms with E-state index < -0.39 is 5.41 Å². The van der Waals surface area contributed by atoms with Crippen molar-refractivity contribution in [1.29, 1.82) is 0 Å². The average Bonchev–Trinajstić information content (AvgIpc) is 3.17. The molecule has 4 heteroatoms. The predicted molar refractivity (Wildman–Crippen MR) is 120 cm³/mol. The number of esters is 1. The summed E-state index contributed by atoms with van der Waals surface area (Å²) in [4.78, 5) is 16.1. The summed E-state index contributed by atoms with van der Waals surface area (Å²) in [6.45, 7) is 13.3. The zero-order valence-corrected chi connectivity index (χ0v) is 19.6. The molecular formula is C26H37NO3. The molecule has 2 fully saturated rings. The van der Waals surface area contributed by atoms with Crippen LogP contribution in [0, 0.1) is 29.6 Å². The fourth-order valence-electron chi connectivity index (χ4n) is 7.73. The highest BCUT2D eigenvalue weighted by molar-refractivity contribution is 5.78. The maximum atomic E-state index is 13.4. The predicted octanol–water partition coefficient (Wildman–Crippen LogP) is 4.75. The highest BCUT2D eigenvalue weighted by Gasteiger charge is 2.72. The van der Waals surface area contributed by atoms with Crippen LogP contribution in [-0.2, 0) is 14.9 Å². The summed E-state index contributed by atoms with van der Waals surface area (Å²) in [5.74, 6) is 1.16. The van der Waals surface area contributed by atoms with Crippen LogP contribution in [0.15, 0.2) is 30.4 Å². The summed E-state index contributed by atoms with van der Waals surface area (Å²) >= 11 is 0. The van der Waals surface area contributed by atoms with Crippen molar-refractivity contribution in [2.75, 3.05) is 27.3 Å². The number of carbonyl (C=O) groups excluding carboxylic acids is 1. The van der Waals surface area contributed by atoms with E-state index in [-0.39, 0.29) is 28.6 Å². The van der Waals surface area contributed by atoms with Gasteiger partial charge in [0, 0.05) is 23.4 Å². The van der Waals surface area contributed by atoms with E-state index >= 15 is 0 Å². The Morgan fingerprint density at radius 3 is 2.57 bits per heavy atom. The third kappa shape index (κ3) is 2.40. The molecule has 164 valence electrons. The van der Waals surface area contributed by atoms with Gasteiger partial charge < -0.3 is 9.47 Å². The van der Waals surface area contributed by atoms with Gasteiger partial charge in [-0.05, 0) is 68.3 Å². The molecule has 1 saturated heterocycles. The van der Waals surface area contributed by atoms with Crippen LogP contribution in [-0.4, -0.2) is 44.2 Å². The molecule has 0 radical (unpaired) electrons. The second kappa shape index (κ2) is 7.12.